The van der Waals surface area contributed by atoms with E-state index in [9.17, 15) is 0 Å². The molecule has 0 aliphatic heterocycles. The molecular weight excluding hydrogens is 256 g/mol. The first kappa shape index (κ1) is 13.0. The molecule has 0 spiro atoms. The molecule has 1 saturated carbocycles. The number of benzene rings is 1. The van der Waals surface area contributed by atoms with E-state index in [1.807, 2.05) is 12.1 Å². The molecule has 1 unspecified atom stereocenters. The molecule has 19 heavy (non-hydrogen) atoms. The highest BCUT2D eigenvalue weighted by molar-refractivity contribution is 6.36. The number of para-hydroxylation sites is 1. The van der Waals surface area contributed by atoms with Crippen LogP contribution >= 0.6 is 11.6 Å². The molecule has 1 atom stereocenters. The summed E-state index contributed by atoms with van der Waals surface area (Å²) < 4.78 is 0. The van der Waals surface area contributed by atoms with Crippen LogP contribution in [0, 0.1) is 5.41 Å². The lowest BCUT2D eigenvalue weighted by atomic mass is 9.92. The van der Waals surface area contributed by atoms with Gasteiger partial charge in [0.2, 0.25) is 0 Å². The van der Waals surface area contributed by atoms with E-state index in [0.717, 1.165) is 28.2 Å². The summed E-state index contributed by atoms with van der Waals surface area (Å²) in [6.45, 7) is 5.53. The largest absolute Gasteiger partial charge is 0.356 e. The Morgan fingerprint density at radius 3 is 2.84 bits per heavy atom. The molecule has 102 valence electrons. The Labute approximate surface area is 119 Å². The molecule has 3 heteroatoms. The van der Waals surface area contributed by atoms with Crippen LogP contribution in [0.3, 0.4) is 0 Å². The SMILES string of the molecule is CC1(C)CCC(NCc2[nH]c3ccccc3c2Cl)C1. The molecule has 1 aliphatic carbocycles. The Kier molecular flexibility index (Phi) is 3.32. The molecule has 1 aromatic heterocycles. The number of fused-ring (bicyclic) bond motifs is 1. The van der Waals surface area contributed by atoms with Crippen molar-refractivity contribution in [3.8, 4) is 0 Å². The van der Waals surface area contributed by atoms with Gasteiger partial charge in [-0.05, 0) is 30.7 Å². The third-order valence-corrected chi connectivity index (χ3v) is 4.68. The second-order valence-corrected chi connectivity index (χ2v) is 6.83. The first-order valence-corrected chi connectivity index (χ1v) is 7.41. The van der Waals surface area contributed by atoms with Crippen LogP contribution in [0.2, 0.25) is 5.02 Å². The van der Waals surface area contributed by atoms with E-state index in [-0.39, 0.29) is 0 Å². The van der Waals surface area contributed by atoms with Crippen molar-refractivity contribution in [1.82, 2.24) is 10.3 Å². The molecule has 0 saturated heterocycles. The molecule has 0 radical (unpaired) electrons. The third kappa shape index (κ3) is 2.65. The molecule has 0 bridgehead atoms. The zero-order chi connectivity index (χ0) is 13.5. The second kappa shape index (κ2) is 4.84. The van der Waals surface area contributed by atoms with Gasteiger partial charge in [0.25, 0.3) is 0 Å². The topological polar surface area (TPSA) is 27.8 Å². The average Bonchev–Trinajstić information content (AvgIpc) is 2.88. The van der Waals surface area contributed by atoms with Gasteiger partial charge >= 0.3 is 0 Å². The Morgan fingerprint density at radius 2 is 2.16 bits per heavy atom. The fourth-order valence-corrected chi connectivity index (χ4v) is 3.42. The highest BCUT2D eigenvalue weighted by atomic mass is 35.5. The van der Waals surface area contributed by atoms with Crippen LogP contribution in [-0.4, -0.2) is 11.0 Å². The Morgan fingerprint density at radius 1 is 1.37 bits per heavy atom. The van der Waals surface area contributed by atoms with Gasteiger partial charge in [0.1, 0.15) is 0 Å². The van der Waals surface area contributed by atoms with Crippen LogP contribution in [-0.2, 0) is 6.54 Å². The van der Waals surface area contributed by atoms with Crippen molar-refractivity contribution >= 4 is 22.5 Å². The number of aromatic nitrogens is 1. The van der Waals surface area contributed by atoms with E-state index in [1.54, 1.807) is 0 Å². The van der Waals surface area contributed by atoms with Gasteiger partial charge < -0.3 is 10.3 Å². The van der Waals surface area contributed by atoms with E-state index in [0.29, 0.717) is 11.5 Å². The molecule has 3 rings (SSSR count). The lowest BCUT2D eigenvalue weighted by molar-refractivity contribution is 0.364. The van der Waals surface area contributed by atoms with Crippen molar-refractivity contribution in [1.29, 1.82) is 0 Å². The summed E-state index contributed by atoms with van der Waals surface area (Å²) in [4.78, 5) is 3.41. The van der Waals surface area contributed by atoms with Gasteiger partial charge in [0.15, 0.2) is 0 Å². The minimum Gasteiger partial charge on any atom is -0.356 e. The second-order valence-electron chi connectivity index (χ2n) is 6.45. The number of hydrogen-bond acceptors (Lipinski definition) is 1. The number of halogens is 1. The van der Waals surface area contributed by atoms with Gasteiger partial charge in [0.05, 0.1) is 5.02 Å². The first-order valence-electron chi connectivity index (χ1n) is 7.04. The molecule has 2 N–H and O–H groups in total. The third-order valence-electron chi connectivity index (χ3n) is 4.25. The smallest absolute Gasteiger partial charge is 0.0705 e. The van der Waals surface area contributed by atoms with Gasteiger partial charge in [0, 0.05) is 29.2 Å². The van der Waals surface area contributed by atoms with Gasteiger partial charge in [-0.15, -0.1) is 0 Å². The van der Waals surface area contributed by atoms with E-state index >= 15 is 0 Å². The van der Waals surface area contributed by atoms with Crippen LogP contribution in [0.5, 0.6) is 0 Å². The fourth-order valence-electron chi connectivity index (χ4n) is 3.14. The molecule has 1 fully saturated rings. The summed E-state index contributed by atoms with van der Waals surface area (Å²) in [6, 6.07) is 8.82. The van der Waals surface area contributed by atoms with E-state index in [4.69, 9.17) is 11.6 Å². The maximum absolute atomic E-state index is 6.43. The molecular formula is C16H21ClN2. The predicted octanol–water partition coefficient (Wildman–Crippen LogP) is 4.49. The summed E-state index contributed by atoms with van der Waals surface area (Å²) in [7, 11) is 0. The lowest BCUT2D eigenvalue weighted by Gasteiger charge is -2.17. The number of rotatable bonds is 3. The summed E-state index contributed by atoms with van der Waals surface area (Å²) in [6.07, 6.45) is 3.83. The van der Waals surface area contributed by atoms with Crippen LogP contribution in [0.25, 0.3) is 10.9 Å². The van der Waals surface area contributed by atoms with Gasteiger partial charge in [-0.25, -0.2) is 0 Å². The first-order chi connectivity index (χ1) is 9.05. The number of nitrogens with one attached hydrogen (secondary N) is 2. The van der Waals surface area contributed by atoms with Crippen molar-refractivity contribution < 1.29 is 0 Å². The van der Waals surface area contributed by atoms with Gasteiger partial charge in [-0.2, -0.15) is 0 Å². The molecule has 2 nitrogen and oxygen atoms in total. The van der Waals surface area contributed by atoms with Crippen molar-refractivity contribution in [2.45, 2.75) is 45.7 Å². The van der Waals surface area contributed by atoms with Crippen LogP contribution in [0.4, 0.5) is 0 Å². The Hall–Kier alpha value is -0.990. The summed E-state index contributed by atoms with van der Waals surface area (Å²) >= 11 is 6.43. The summed E-state index contributed by atoms with van der Waals surface area (Å²) in [5, 5.41) is 5.62. The van der Waals surface area contributed by atoms with Crippen molar-refractivity contribution in [3.63, 3.8) is 0 Å². The molecule has 0 amide bonds. The maximum Gasteiger partial charge on any atom is 0.0705 e. The zero-order valence-electron chi connectivity index (χ0n) is 11.6. The maximum atomic E-state index is 6.43. The molecule has 1 heterocycles. The van der Waals surface area contributed by atoms with Crippen LogP contribution in [0.15, 0.2) is 24.3 Å². The van der Waals surface area contributed by atoms with E-state index < -0.39 is 0 Å². The van der Waals surface area contributed by atoms with Gasteiger partial charge in [-0.3, -0.25) is 0 Å². The van der Waals surface area contributed by atoms with Crippen molar-refractivity contribution in [2.75, 3.05) is 0 Å². The average molecular weight is 277 g/mol. The predicted molar refractivity (Wildman–Crippen MR) is 81.6 cm³/mol. The van der Waals surface area contributed by atoms with Crippen molar-refractivity contribution in [3.05, 3.63) is 35.0 Å². The number of hydrogen-bond donors (Lipinski definition) is 2. The van der Waals surface area contributed by atoms with Gasteiger partial charge in [-0.1, -0.05) is 43.6 Å². The number of aromatic amines is 1. The lowest BCUT2D eigenvalue weighted by Crippen LogP contribution is -2.27. The normalized spacial score (nSPS) is 22.2. The van der Waals surface area contributed by atoms with E-state index in [2.05, 4.69) is 36.3 Å². The minimum absolute atomic E-state index is 0.488. The highest BCUT2D eigenvalue weighted by Crippen LogP contribution is 2.37. The molecule has 1 aromatic carbocycles. The van der Waals surface area contributed by atoms with Crippen molar-refractivity contribution in [2.24, 2.45) is 5.41 Å². The number of H-pyrrole nitrogens is 1. The monoisotopic (exact) mass is 276 g/mol. The van der Waals surface area contributed by atoms with E-state index in [1.165, 1.54) is 19.3 Å². The quantitative estimate of drug-likeness (QED) is 0.849. The summed E-state index contributed by atoms with van der Waals surface area (Å²) in [5.74, 6) is 0. The molecule has 2 aromatic rings. The Balaban J connectivity index is 1.71. The van der Waals surface area contributed by atoms with Crippen LogP contribution in [0.1, 0.15) is 38.8 Å². The van der Waals surface area contributed by atoms with Crippen LogP contribution < -0.4 is 5.32 Å². The zero-order valence-corrected chi connectivity index (χ0v) is 12.3. The Bertz CT molecular complexity index is 585. The summed E-state index contributed by atoms with van der Waals surface area (Å²) in [5.41, 5.74) is 2.71. The standard InChI is InChI=1S/C16H21ClN2/c1-16(2)8-7-11(9-16)18-10-14-15(17)12-5-3-4-6-13(12)19-14/h3-6,11,18-19H,7-10H2,1-2H3. The minimum atomic E-state index is 0.488. The highest BCUT2D eigenvalue weighted by Gasteiger charge is 2.30. The fraction of sp³-hybridized carbons (Fsp3) is 0.500. The molecule has 1 aliphatic rings.